The van der Waals surface area contributed by atoms with E-state index in [2.05, 4.69) is 25.6 Å². The summed E-state index contributed by atoms with van der Waals surface area (Å²) in [4.78, 5) is 20.0. The smallest absolute Gasteiger partial charge is 0.227 e. The van der Waals surface area contributed by atoms with E-state index < -0.39 is 0 Å². The Morgan fingerprint density at radius 1 is 1.34 bits per heavy atom. The van der Waals surface area contributed by atoms with Crippen LogP contribution in [0.2, 0.25) is 0 Å². The van der Waals surface area contributed by atoms with Gasteiger partial charge in [-0.15, -0.1) is 24.8 Å². The number of nitrogens with zero attached hydrogens (tertiary/aromatic N) is 4. The van der Waals surface area contributed by atoms with Crippen molar-refractivity contribution in [2.45, 2.75) is 38.1 Å². The Hall–Kier alpha value is -0.930. The van der Waals surface area contributed by atoms with Crippen LogP contribution < -0.4 is 10.6 Å². The average Bonchev–Trinajstić information content (AvgIpc) is 3.13. The number of carbonyl (C=O) groups is 1. The molecule has 0 bridgehead atoms. The minimum Gasteiger partial charge on any atom is -0.379 e. The lowest BCUT2D eigenvalue weighted by Gasteiger charge is -2.50. The number of nitrogens with one attached hydrogen (secondary N) is 2. The Balaban J connectivity index is 0.00000150. The number of ether oxygens (including phenoxy) is 1. The van der Waals surface area contributed by atoms with Crippen molar-refractivity contribution >= 4 is 30.7 Å². The maximum Gasteiger partial charge on any atom is 0.227 e. The summed E-state index contributed by atoms with van der Waals surface area (Å²) in [6.07, 6.45) is 6.59. The first-order valence-electron chi connectivity index (χ1n) is 10.3. The molecule has 2 saturated heterocycles. The van der Waals surface area contributed by atoms with Crippen molar-refractivity contribution in [2.75, 3.05) is 45.9 Å². The van der Waals surface area contributed by atoms with E-state index in [1.165, 1.54) is 0 Å². The SMILES string of the molecule is Cl.Cl.Cn1ncnc1CCNC(=O)[C@@]12CC[C@H](N3CCOCC3)C[C@H]1CCNC2. The van der Waals surface area contributed by atoms with E-state index in [4.69, 9.17) is 4.74 Å². The van der Waals surface area contributed by atoms with Crippen LogP contribution in [0.25, 0.3) is 0 Å². The molecule has 0 unspecified atom stereocenters. The van der Waals surface area contributed by atoms with Crippen molar-refractivity contribution < 1.29 is 9.53 Å². The number of morpholine rings is 1. The number of aryl methyl sites for hydroxylation is 1. The highest BCUT2D eigenvalue weighted by Crippen LogP contribution is 2.46. The summed E-state index contributed by atoms with van der Waals surface area (Å²) in [6.45, 7) is 6.20. The minimum absolute atomic E-state index is 0. The maximum absolute atomic E-state index is 13.2. The van der Waals surface area contributed by atoms with Crippen LogP contribution in [0.4, 0.5) is 0 Å². The standard InChI is InChI=1S/C19H32N6O2.2ClH/c1-24-17(22-14-23-24)4-7-21-18(26)19-5-2-16(25-8-10-27-11-9-25)12-15(19)3-6-20-13-19;;/h14-16,20H,2-13H2,1H3,(H,21,26);2*1H/t15-,16+,19-;;/m1../s1. The van der Waals surface area contributed by atoms with Gasteiger partial charge in [-0.05, 0) is 38.1 Å². The van der Waals surface area contributed by atoms with Crippen LogP contribution in [-0.2, 0) is 23.0 Å². The summed E-state index contributed by atoms with van der Waals surface area (Å²) in [7, 11) is 1.89. The van der Waals surface area contributed by atoms with E-state index in [0.29, 0.717) is 24.9 Å². The Labute approximate surface area is 185 Å². The van der Waals surface area contributed by atoms with Gasteiger partial charge in [0.25, 0.3) is 0 Å². The second-order valence-corrected chi connectivity index (χ2v) is 8.20. The monoisotopic (exact) mass is 448 g/mol. The predicted octanol–water partition coefficient (Wildman–Crippen LogP) is 0.798. The van der Waals surface area contributed by atoms with Gasteiger partial charge in [0.1, 0.15) is 12.2 Å². The molecule has 29 heavy (non-hydrogen) atoms. The van der Waals surface area contributed by atoms with Gasteiger partial charge >= 0.3 is 0 Å². The molecule has 0 spiro atoms. The third-order valence-corrected chi connectivity index (χ3v) is 6.83. The fourth-order valence-corrected chi connectivity index (χ4v) is 5.18. The Morgan fingerprint density at radius 2 is 2.14 bits per heavy atom. The van der Waals surface area contributed by atoms with E-state index in [-0.39, 0.29) is 36.1 Å². The molecule has 8 nitrogen and oxygen atoms in total. The molecule has 10 heteroatoms. The van der Waals surface area contributed by atoms with E-state index in [1.54, 1.807) is 11.0 Å². The molecule has 0 aromatic carbocycles. The number of hydrogen-bond donors (Lipinski definition) is 2. The second kappa shape index (κ2) is 10.9. The van der Waals surface area contributed by atoms with Gasteiger partial charge in [0, 0.05) is 45.7 Å². The first-order chi connectivity index (χ1) is 13.2. The van der Waals surface area contributed by atoms with Crippen LogP contribution >= 0.6 is 24.8 Å². The highest BCUT2D eigenvalue weighted by atomic mass is 35.5. The fraction of sp³-hybridized carbons (Fsp3) is 0.842. The zero-order chi connectivity index (χ0) is 18.7. The number of carbonyl (C=O) groups excluding carboxylic acids is 1. The Morgan fingerprint density at radius 3 is 2.86 bits per heavy atom. The minimum atomic E-state index is -0.249. The number of halogens is 2. The molecule has 3 aliphatic rings. The quantitative estimate of drug-likeness (QED) is 0.692. The molecule has 1 aromatic rings. The summed E-state index contributed by atoms with van der Waals surface area (Å²) in [5, 5.41) is 10.8. The van der Waals surface area contributed by atoms with Gasteiger partial charge < -0.3 is 15.4 Å². The normalized spacial score (nSPS) is 29.8. The van der Waals surface area contributed by atoms with Crippen molar-refractivity contribution in [3.8, 4) is 0 Å². The van der Waals surface area contributed by atoms with Crippen molar-refractivity contribution in [1.29, 1.82) is 0 Å². The summed E-state index contributed by atoms with van der Waals surface area (Å²) >= 11 is 0. The van der Waals surface area contributed by atoms with Crippen LogP contribution in [-0.4, -0.2) is 77.6 Å². The topological polar surface area (TPSA) is 84.3 Å². The number of rotatable bonds is 5. The number of fused-ring (bicyclic) bond motifs is 1. The Bertz CT molecular complexity index is 654. The van der Waals surface area contributed by atoms with Crippen LogP contribution in [0.3, 0.4) is 0 Å². The zero-order valence-electron chi connectivity index (χ0n) is 17.1. The summed E-state index contributed by atoms with van der Waals surface area (Å²) in [5.74, 6) is 1.60. The average molecular weight is 449 g/mol. The van der Waals surface area contributed by atoms with Crippen LogP contribution in [0.1, 0.15) is 31.5 Å². The number of amides is 1. The molecule has 1 amide bonds. The van der Waals surface area contributed by atoms with Gasteiger partial charge in [0.15, 0.2) is 0 Å². The maximum atomic E-state index is 13.2. The van der Waals surface area contributed by atoms with Crippen LogP contribution in [0, 0.1) is 11.3 Å². The molecular formula is C19H34Cl2N6O2. The predicted molar refractivity (Wildman–Crippen MR) is 116 cm³/mol. The first kappa shape index (κ1) is 24.3. The molecule has 2 aliphatic heterocycles. The third kappa shape index (κ3) is 5.22. The van der Waals surface area contributed by atoms with Gasteiger partial charge in [-0.25, -0.2) is 4.98 Å². The molecule has 2 N–H and O–H groups in total. The fourth-order valence-electron chi connectivity index (χ4n) is 5.18. The van der Waals surface area contributed by atoms with Gasteiger partial charge in [-0.2, -0.15) is 5.10 Å². The molecule has 3 heterocycles. The zero-order valence-corrected chi connectivity index (χ0v) is 18.8. The highest BCUT2D eigenvalue weighted by molar-refractivity contribution is 5.85. The summed E-state index contributed by atoms with van der Waals surface area (Å²) in [6, 6.07) is 0.608. The first-order valence-corrected chi connectivity index (χ1v) is 10.3. The van der Waals surface area contributed by atoms with Gasteiger partial charge in [0.2, 0.25) is 5.91 Å². The molecular weight excluding hydrogens is 415 g/mol. The van der Waals surface area contributed by atoms with E-state index in [1.807, 2.05) is 7.05 Å². The van der Waals surface area contributed by atoms with Crippen LogP contribution in [0.15, 0.2) is 6.33 Å². The van der Waals surface area contributed by atoms with Crippen molar-refractivity contribution in [2.24, 2.45) is 18.4 Å². The molecule has 1 aliphatic carbocycles. The number of aromatic nitrogens is 3. The number of piperidine rings is 1. The lowest BCUT2D eigenvalue weighted by atomic mass is 9.61. The molecule has 1 saturated carbocycles. The molecule has 4 rings (SSSR count). The summed E-state index contributed by atoms with van der Waals surface area (Å²) < 4.78 is 7.28. The van der Waals surface area contributed by atoms with E-state index in [9.17, 15) is 4.79 Å². The molecule has 3 atom stereocenters. The molecule has 0 radical (unpaired) electrons. The lowest BCUT2D eigenvalue weighted by molar-refractivity contribution is -0.140. The van der Waals surface area contributed by atoms with Gasteiger partial charge in [0.05, 0.1) is 18.6 Å². The largest absolute Gasteiger partial charge is 0.379 e. The van der Waals surface area contributed by atoms with Crippen molar-refractivity contribution in [1.82, 2.24) is 30.3 Å². The number of hydrogen-bond acceptors (Lipinski definition) is 6. The van der Waals surface area contributed by atoms with Crippen LogP contribution in [0.5, 0.6) is 0 Å². The lowest BCUT2D eigenvalue weighted by Crippen LogP contribution is -2.60. The van der Waals surface area contributed by atoms with Crippen molar-refractivity contribution in [3.05, 3.63) is 12.2 Å². The van der Waals surface area contributed by atoms with E-state index in [0.717, 1.165) is 70.9 Å². The van der Waals surface area contributed by atoms with Crippen molar-refractivity contribution in [3.63, 3.8) is 0 Å². The Kier molecular flexibility index (Phi) is 9.15. The molecule has 3 fully saturated rings. The second-order valence-electron chi connectivity index (χ2n) is 8.20. The third-order valence-electron chi connectivity index (χ3n) is 6.83. The van der Waals surface area contributed by atoms with E-state index >= 15 is 0 Å². The van der Waals surface area contributed by atoms with Gasteiger partial charge in [-0.3, -0.25) is 14.4 Å². The molecule has 166 valence electrons. The van der Waals surface area contributed by atoms with Gasteiger partial charge in [-0.1, -0.05) is 0 Å². The molecule has 1 aromatic heterocycles. The summed E-state index contributed by atoms with van der Waals surface area (Å²) in [5.41, 5.74) is -0.249. The highest BCUT2D eigenvalue weighted by Gasteiger charge is 2.50.